The molecule has 0 aromatic heterocycles. The average Bonchev–Trinajstić information content (AvgIpc) is 2.42. The quantitative estimate of drug-likeness (QED) is 0.591. The van der Waals surface area contributed by atoms with Crippen LogP contribution >= 0.6 is 0 Å². The van der Waals surface area contributed by atoms with Crippen molar-refractivity contribution in [2.45, 2.75) is 32.7 Å². The normalized spacial score (nSPS) is 22.2. The van der Waals surface area contributed by atoms with E-state index in [1.165, 1.54) is 6.92 Å². The van der Waals surface area contributed by atoms with Crippen LogP contribution in [0.15, 0.2) is 0 Å². The van der Waals surface area contributed by atoms with Gasteiger partial charge in [-0.1, -0.05) is 6.92 Å². The van der Waals surface area contributed by atoms with E-state index in [1.807, 2.05) is 0 Å². The fourth-order valence-electron chi connectivity index (χ4n) is 2.35. The number of piperidine rings is 1. The van der Waals surface area contributed by atoms with Gasteiger partial charge in [0.2, 0.25) is 17.7 Å². The lowest BCUT2D eigenvalue weighted by Gasteiger charge is -2.38. The molecule has 1 fully saturated rings. The van der Waals surface area contributed by atoms with Gasteiger partial charge in [-0.05, 0) is 18.8 Å². The largest absolute Gasteiger partial charge is 0.347 e. The van der Waals surface area contributed by atoms with E-state index in [0.29, 0.717) is 19.0 Å². The lowest BCUT2D eigenvalue weighted by molar-refractivity contribution is -0.136. The minimum absolute atomic E-state index is 0.0523. The molecule has 1 aliphatic heterocycles. The molecule has 0 aromatic rings. The van der Waals surface area contributed by atoms with Crippen LogP contribution in [0.25, 0.3) is 0 Å². The predicted octanol–water partition coefficient (Wildman–Crippen LogP) is -1.18. The summed E-state index contributed by atoms with van der Waals surface area (Å²) in [6.45, 7) is 4.45. The molecule has 7 heteroatoms. The van der Waals surface area contributed by atoms with Crippen LogP contribution < -0.4 is 16.4 Å². The molecule has 0 spiro atoms. The predicted molar refractivity (Wildman–Crippen MR) is 74.6 cm³/mol. The van der Waals surface area contributed by atoms with E-state index in [-0.39, 0.29) is 36.9 Å². The SMILES string of the molecule is CC(=O)NCC(=O)NCC(=O)N1CCC(C)CC1CN. The van der Waals surface area contributed by atoms with Crippen molar-refractivity contribution >= 4 is 17.7 Å². The molecule has 1 aliphatic rings. The molecule has 0 aromatic carbocycles. The number of nitrogens with one attached hydrogen (secondary N) is 2. The van der Waals surface area contributed by atoms with E-state index >= 15 is 0 Å². The van der Waals surface area contributed by atoms with Gasteiger partial charge >= 0.3 is 0 Å². The number of hydrogen-bond acceptors (Lipinski definition) is 4. The molecule has 1 rings (SSSR count). The average molecular weight is 284 g/mol. The zero-order valence-electron chi connectivity index (χ0n) is 12.1. The van der Waals surface area contributed by atoms with Gasteiger partial charge in [0.25, 0.3) is 0 Å². The van der Waals surface area contributed by atoms with Gasteiger partial charge in [-0.2, -0.15) is 0 Å². The lowest BCUT2D eigenvalue weighted by Crippen LogP contribution is -2.52. The van der Waals surface area contributed by atoms with Gasteiger partial charge in [-0.15, -0.1) is 0 Å². The van der Waals surface area contributed by atoms with E-state index in [0.717, 1.165) is 12.8 Å². The van der Waals surface area contributed by atoms with Gasteiger partial charge in [0.15, 0.2) is 0 Å². The molecule has 0 radical (unpaired) electrons. The number of carbonyl (C=O) groups excluding carboxylic acids is 3. The van der Waals surface area contributed by atoms with Crippen molar-refractivity contribution in [2.24, 2.45) is 11.7 Å². The smallest absolute Gasteiger partial charge is 0.242 e. The summed E-state index contributed by atoms with van der Waals surface area (Å²) in [4.78, 5) is 35.9. The summed E-state index contributed by atoms with van der Waals surface area (Å²) in [5.74, 6) is -0.201. The zero-order chi connectivity index (χ0) is 15.1. The van der Waals surface area contributed by atoms with Crippen LogP contribution in [0.2, 0.25) is 0 Å². The first-order chi connectivity index (χ1) is 9.43. The zero-order valence-corrected chi connectivity index (χ0v) is 12.1. The maximum atomic E-state index is 12.1. The Morgan fingerprint density at radius 3 is 2.55 bits per heavy atom. The summed E-state index contributed by atoms with van der Waals surface area (Å²) in [6, 6.07) is 0.0542. The second-order valence-electron chi connectivity index (χ2n) is 5.29. The number of rotatable bonds is 5. The van der Waals surface area contributed by atoms with Crippen molar-refractivity contribution in [2.75, 3.05) is 26.2 Å². The molecule has 20 heavy (non-hydrogen) atoms. The fourth-order valence-corrected chi connectivity index (χ4v) is 2.35. The Morgan fingerprint density at radius 2 is 1.95 bits per heavy atom. The number of nitrogens with two attached hydrogens (primary N) is 1. The standard InChI is InChI=1S/C13H24N4O3/c1-9-3-4-17(11(5-9)6-14)13(20)8-16-12(19)7-15-10(2)18/h9,11H,3-8,14H2,1-2H3,(H,15,18)(H,16,19). The van der Waals surface area contributed by atoms with Crippen molar-refractivity contribution in [1.29, 1.82) is 0 Å². The van der Waals surface area contributed by atoms with Gasteiger partial charge in [-0.25, -0.2) is 0 Å². The Bertz CT molecular complexity index is 373. The van der Waals surface area contributed by atoms with Crippen LogP contribution in [-0.2, 0) is 14.4 Å². The molecule has 0 aliphatic carbocycles. The first-order valence-corrected chi connectivity index (χ1v) is 6.94. The number of nitrogens with zero attached hydrogens (tertiary/aromatic N) is 1. The molecule has 2 unspecified atom stereocenters. The highest BCUT2D eigenvalue weighted by molar-refractivity contribution is 5.87. The highest BCUT2D eigenvalue weighted by atomic mass is 16.2. The van der Waals surface area contributed by atoms with Crippen LogP contribution in [0.1, 0.15) is 26.7 Å². The van der Waals surface area contributed by atoms with E-state index in [1.54, 1.807) is 4.90 Å². The van der Waals surface area contributed by atoms with E-state index < -0.39 is 0 Å². The van der Waals surface area contributed by atoms with Crippen molar-refractivity contribution in [3.05, 3.63) is 0 Å². The molecule has 1 saturated heterocycles. The Hall–Kier alpha value is -1.63. The minimum Gasteiger partial charge on any atom is -0.347 e. The highest BCUT2D eigenvalue weighted by Crippen LogP contribution is 2.21. The number of carbonyl (C=O) groups is 3. The van der Waals surface area contributed by atoms with Gasteiger partial charge in [0, 0.05) is 26.1 Å². The van der Waals surface area contributed by atoms with Gasteiger partial charge in [-0.3, -0.25) is 14.4 Å². The summed E-state index contributed by atoms with van der Waals surface area (Å²) >= 11 is 0. The summed E-state index contributed by atoms with van der Waals surface area (Å²) in [7, 11) is 0. The molecule has 0 saturated carbocycles. The second-order valence-corrected chi connectivity index (χ2v) is 5.29. The van der Waals surface area contributed by atoms with Crippen LogP contribution in [0, 0.1) is 5.92 Å². The van der Waals surface area contributed by atoms with Crippen molar-refractivity contribution in [3.63, 3.8) is 0 Å². The third kappa shape index (κ3) is 5.16. The Labute approximate surface area is 119 Å². The van der Waals surface area contributed by atoms with Crippen molar-refractivity contribution in [1.82, 2.24) is 15.5 Å². The molecule has 7 nitrogen and oxygen atoms in total. The van der Waals surface area contributed by atoms with E-state index in [4.69, 9.17) is 5.73 Å². The van der Waals surface area contributed by atoms with Gasteiger partial charge < -0.3 is 21.3 Å². The van der Waals surface area contributed by atoms with E-state index in [9.17, 15) is 14.4 Å². The van der Waals surface area contributed by atoms with Crippen LogP contribution in [0.5, 0.6) is 0 Å². The van der Waals surface area contributed by atoms with Crippen molar-refractivity contribution < 1.29 is 14.4 Å². The highest BCUT2D eigenvalue weighted by Gasteiger charge is 2.28. The maximum absolute atomic E-state index is 12.1. The molecular weight excluding hydrogens is 260 g/mol. The first-order valence-electron chi connectivity index (χ1n) is 6.94. The Morgan fingerprint density at radius 1 is 1.25 bits per heavy atom. The maximum Gasteiger partial charge on any atom is 0.242 e. The molecule has 4 N–H and O–H groups in total. The summed E-state index contributed by atoms with van der Waals surface area (Å²) in [5, 5.41) is 4.88. The monoisotopic (exact) mass is 284 g/mol. The van der Waals surface area contributed by atoms with Crippen LogP contribution in [0.3, 0.4) is 0 Å². The Balaban J connectivity index is 2.38. The molecule has 3 amide bonds. The Kier molecular flexibility index (Phi) is 6.44. The summed E-state index contributed by atoms with van der Waals surface area (Å²) in [5.41, 5.74) is 5.70. The van der Waals surface area contributed by atoms with Gasteiger partial charge in [0.1, 0.15) is 0 Å². The first kappa shape index (κ1) is 16.4. The molecule has 2 atom stereocenters. The van der Waals surface area contributed by atoms with Gasteiger partial charge in [0.05, 0.1) is 13.1 Å². The molecular formula is C13H24N4O3. The third-order valence-electron chi connectivity index (χ3n) is 3.51. The molecule has 114 valence electrons. The van der Waals surface area contributed by atoms with Crippen molar-refractivity contribution in [3.8, 4) is 0 Å². The van der Waals surface area contributed by atoms with E-state index in [2.05, 4.69) is 17.6 Å². The van der Waals surface area contributed by atoms with Crippen LogP contribution in [0.4, 0.5) is 0 Å². The molecule has 0 bridgehead atoms. The summed E-state index contributed by atoms with van der Waals surface area (Å²) in [6.07, 6.45) is 1.87. The number of likely N-dealkylation sites (tertiary alicyclic amines) is 1. The minimum atomic E-state index is -0.372. The lowest BCUT2D eigenvalue weighted by atomic mass is 9.92. The second kappa shape index (κ2) is 7.84. The number of amides is 3. The number of hydrogen-bond donors (Lipinski definition) is 3. The molecule has 1 heterocycles. The fraction of sp³-hybridized carbons (Fsp3) is 0.769. The topological polar surface area (TPSA) is 105 Å². The van der Waals surface area contributed by atoms with Crippen LogP contribution in [-0.4, -0.2) is 54.8 Å². The third-order valence-corrected chi connectivity index (χ3v) is 3.51. The summed E-state index contributed by atoms with van der Waals surface area (Å²) < 4.78 is 0.